The Hall–Kier alpha value is -1.99. The van der Waals surface area contributed by atoms with Crippen molar-refractivity contribution in [1.29, 1.82) is 0 Å². The number of anilines is 1. The molecule has 0 heterocycles. The van der Waals surface area contributed by atoms with Crippen LogP contribution in [0.15, 0.2) is 18.2 Å². The fraction of sp³-hybridized carbons (Fsp3) is 0.385. The smallest absolute Gasteiger partial charge is 0.326 e. The van der Waals surface area contributed by atoms with Gasteiger partial charge in [0.25, 0.3) is 0 Å². The van der Waals surface area contributed by atoms with Crippen molar-refractivity contribution in [3.05, 3.63) is 23.2 Å². The summed E-state index contributed by atoms with van der Waals surface area (Å²) in [6.07, 6.45) is 0.169. The van der Waals surface area contributed by atoms with Gasteiger partial charge in [0.15, 0.2) is 0 Å². The van der Waals surface area contributed by atoms with E-state index in [0.717, 1.165) is 0 Å². The fourth-order valence-corrected chi connectivity index (χ4v) is 1.82. The second kappa shape index (κ2) is 8.33. The molecule has 1 aromatic rings. The number of amides is 2. The molecule has 0 saturated carbocycles. The second-order valence-corrected chi connectivity index (χ2v) is 4.53. The molecule has 1 aromatic carbocycles. The van der Waals surface area contributed by atoms with E-state index in [2.05, 4.69) is 10.6 Å². The average Bonchev–Trinajstić information content (AvgIpc) is 2.43. The zero-order valence-electron chi connectivity index (χ0n) is 11.7. The zero-order chi connectivity index (χ0) is 15.8. The Balaban J connectivity index is 2.63. The Morgan fingerprint density at radius 2 is 2.10 bits per heavy atom. The maximum atomic E-state index is 11.8. The molecular weight excluding hydrogens is 300 g/mol. The van der Waals surface area contributed by atoms with Gasteiger partial charge in [-0.25, -0.2) is 9.59 Å². The first-order valence-electron chi connectivity index (χ1n) is 6.10. The van der Waals surface area contributed by atoms with E-state index >= 15 is 0 Å². The van der Waals surface area contributed by atoms with Crippen LogP contribution in [-0.4, -0.2) is 44.0 Å². The first-order chi connectivity index (χ1) is 9.97. The van der Waals surface area contributed by atoms with Gasteiger partial charge in [-0.05, 0) is 18.2 Å². The summed E-state index contributed by atoms with van der Waals surface area (Å²) in [6.45, 7) is 0.228. The standard InChI is InChI=1S/C13H17ClN2O5/c1-20-6-5-10(12(17)18)16-13(19)15-8-3-4-11(21-2)9(14)7-8/h3-4,7,10H,5-6H2,1-2H3,(H,17,18)(H2,15,16,19). The molecule has 0 fully saturated rings. The van der Waals surface area contributed by atoms with Crippen LogP contribution in [0, 0.1) is 0 Å². The molecule has 2 amide bonds. The highest BCUT2D eigenvalue weighted by atomic mass is 35.5. The minimum Gasteiger partial charge on any atom is -0.495 e. The van der Waals surface area contributed by atoms with Crippen LogP contribution in [0.2, 0.25) is 5.02 Å². The highest BCUT2D eigenvalue weighted by Gasteiger charge is 2.19. The van der Waals surface area contributed by atoms with Crippen molar-refractivity contribution in [1.82, 2.24) is 5.32 Å². The molecule has 3 N–H and O–H groups in total. The predicted molar refractivity (Wildman–Crippen MR) is 78.1 cm³/mol. The van der Waals surface area contributed by atoms with E-state index in [1.54, 1.807) is 12.1 Å². The summed E-state index contributed by atoms with van der Waals surface area (Å²) in [6, 6.07) is 3.02. The third kappa shape index (κ3) is 5.49. The van der Waals surface area contributed by atoms with Crippen LogP contribution in [0.5, 0.6) is 5.75 Å². The Morgan fingerprint density at radius 3 is 2.62 bits per heavy atom. The van der Waals surface area contributed by atoms with Crippen LogP contribution in [0.3, 0.4) is 0 Å². The van der Waals surface area contributed by atoms with Gasteiger partial charge in [0, 0.05) is 25.8 Å². The number of aliphatic carboxylic acids is 1. The number of carboxylic acid groups (broad SMARTS) is 1. The predicted octanol–water partition coefficient (Wildman–Crippen LogP) is 1.96. The van der Waals surface area contributed by atoms with Crippen LogP contribution in [0.1, 0.15) is 6.42 Å². The molecule has 7 nitrogen and oxygen atoms in total. The van der Waals surface area contributed by atoms with E-state index in [0.29, 0.717) is 16.5 Å². The van der Waals surface area contributed by atoms with Gasteiger partial charge in [-0.1, -0.05) is 11.6 Å². The number of hydrogen-bond acceptors (Lipinski definition) is 4. The molecule has 116 valence electrons. The summed E-state index contributed by atoms with van der Waals surface area (Å²) in [5.41, 5.74) is 0.425. The number of ether oxygens (including phenoxy) is 2. The Kier molecular flexibility index (Phi) is 6.77. The van der Waals surface area contributed by atoms with Crippen molar-refractivity contribution < 1.29 is 24.2 Å². The van der Waals surface area contributed by atoms with Gasteiger partial charge < -0.3 is 25.2 Å². The fourth-order valence-electron chi connectivity index (χ4n) is 1.56. The minimum absolute atomic E-state index is 0.169. The van der Waals surface area contributed by atoms with Gasteiger partial charge in [-0.3, -0.25) is 0 Å². The minimum atomic E-state index is -1.13. The Bertz CT molecular complexity index is 509. The molecule has 0 saturated heterocycles. The normalized spacial score (nSPS) is 11.6. The molecule has 1 atom stereocenters. The molecule has 1 unspecified atom stereocenters. The Morgan fingerprint density at radius 1 is 1.38 bits per heavy atom. The van der Waals surface area contributed by atoms with Crippen molar-refractivity contribution in [3.63, 3.8) is 0 Å². The molecule has 0 bridgehead atoms. The summed E-state index contributed by atoms with van der Waals surface area (Å²) in [5.74, 6) is -0.652. The second-order valence-electron chi connectivity index (χ2n) is 4.12. The van der Waals surface area contributed by atoms with Crippen molar-refractivity contribution in [2.45, 2.75) is 12.5 Å². The lowest BCUT2D eigenvalue weighted by atomic mass is 10.2. The molecule has 8 heteroatoms. The number of benzene rings is 1. The van der Waals surface area contributed by atoms with Crippen molar-refractivity contribution in [3.8, 4) is 5.75 Å². The maximum Gasteiger partial charge on any atom is 0.326 e. The number of rotatable bonds is 7. The number of carbonyl (C=O) groups excluding carboxylic acids is 1. The molecule has 0 radical (unpaired) electrons. The van der Waals surface area contributed by atoms with Gasteiger partial charge in [-0.2, -0.15) is 0 Å². The number of carboxylic acids is 1. The number of nitrogens with one attached hydrogen (secondary N) is 2. The van der Waals surface area contributed by atoms with Gasteiger partial charge >= 0.3 is 12.0 Å². The van der Waals surface area contributed by atoms with Crippen molar-refractivity contribution in [2.75, 3.05) is 26.1 Å². The maximum absolute atomic E-state index is 11.8. The van der Waals surface area contributed by atoms with Crippen molar-refractivity contribution in [2.24, 2.45) is 0 Å². The van der Waals surface area contributed by atoms with E-state index in [-0.39, 0.29) is 13.0 Å². The number of urea groups is 1. The van der Waals surface area contributed by atoms with Gasteiger partial charge in [-0.15, -0.1) is 0 Å². The summed E-state index contributed by atoms with van der Waals surface area (Å²) < 4.78 is 9.79. The zero-order valence-corrected chi connectivity index (χ0v) is 12.4. The monoisotopic (exact) mass is 316 g/mol. The van der Waals surface area contributed by atoms with Crippen molar-refractivity contribution >= 4 is 29.3 Å². The number of hydrogen-bond donors (Lipinski definition) is 3. The van der Waals surface area contributed by atoms with E-state index < -0.39 is 18.0 Å². The highest BCUT2D eigenvalue weighted by molar-refractivity contribution is 6.32. The Labute approximate surface area is 127 Å². The molecule has 0 spiro atoms. The topological polar surface area (TPSA) is 96.9 Å². The van der Waals surface area contributed by atoms with Gasteiger partial charge in [0.2, 0.25) is 0 Å². The highest BCUT2D eigenvalue weighted by Crippen LogP contribution is 2.27. The lowest BCUT2D eigenvalue weighted by Crippen LogP contribution is -2.43. The molecule has 21 heavy (non-hydrogen) atoms. The largest absolute Gasteiger partial charge is 0.495 e. The van der Waals surface area contributed by atoms with Gasteiger partial charge in [0.05, 0.1) is 12.1 Å². The number of halogens is 1. The molecule has 1 rings (SSSR count). The summed E-state index contributed by atoms with van der Waals surface area (Å²) in [7, 11) is 2.94. The molecular formula is C13H17ClN2O5. The van der Waals surface area contributed by atoms with Crippen LogP contribution in [0.4, 0.5) is 10.5 Å². The van der Waals surface area contributed by atoms with E-state index in [9.17, 15) is 9.59 Å². The van der Waals surface area contributed by atoms with Crippen LogP contribution in [-0.2, 0) is 9.53 Å². The molecule has 0 aliphatic heterocycles. The average molecular weight is 317 g/mol. The van der Waals surface area contributed by atoms with E-state index in [1.807, 2.05) is 0 Å². The summed E-state index contributed by atoms with van der Waals surface area (Å²) >= 11 is 5.93. The van der Waals surface area contributed by atoms with E-state index in [1.165, 1.54) is 20.3 Å². The first kappa shape index (κ1) is 17.1. The van der Waals surface area contributed by atoms with Crippen LogP contribution in [0.25, 0.3) is 0 Å². The van der Waals surface area contributed by atoms with E-state index in [4.69, 9.17) is 26.2 Å². The summed E-state index contributed by atoms with van der Waals surface area (Å²) in [4.78, 5) is 22.8. The lowest BCUT2D eigenvalue weighted by Gasteiger charge is -2.15. The number of carbonyl (C=O) groups is 2. The molecule has 0 aliphatic rings. The van der Waals surface area contributed by atoms with Crippen LogP contribution < -0.4 is 15.4 Å². The third-order valence-electron chi connectivity index (χ3n) is 2.62. The molecule has 0 aromatic heterocycles. The molecule has 0 aliphatic carbocycles. The summed E-state index contributed by atoms with van der Waals surface area (Å²) in [5, 5.41) is 14.2. The first-order valence-corrected chi connectivity index (χ1v) is 6.48. The SMILES string of the molecule is COCCC(NC(=O)Nc1ccc(OC)c(Cl)c1)C(=O)O. The quantitative estimate of drug-likeness (QED) is 0.714. The number of methoxy groups -OCH3 is 2. The third-order valence-corrected chi connectivity index (χ3v) is 2.92. The lowest BCUT2D eigenvalue weighted by molar-refractivity contribution is -0.139. The van der Waals surface area contributed by atoms with Gasteiger partial charge in [0.1, 0.15) is 11.8 Å². The van der Waals surface area contributed by atoms with Crippen LogP contribution >= 0.6 is 11.6 Å².